The van der Waals surface area contributed by atoms with Crippen LogP contribution in [0.3, 0.4) is 0 Å². The zero-order valence-corrected chi connectivity index (χ0v) is 10.7. The maximum Gasteiger partial charge on any atom is 0.324 e. The van der Waals surface area contributed by atoms with E-state index in [1.165, 1.54) is 4.31 Å². The average molecular weight is 267 g/mol. The summed E-state index contributed by atoms with van der Waals surface area (Å²) in [7, 11) is -3.59. The van der Waals surface area contributed by atoms with Crippen molar-refractivity contribution in [1.82, 2.24) is 4.31 Å². The lowest BCUT2D eigenvalue weighted by Crippen LogP contribution is -2.44. The molecule has 0 N–H and O–H groups in total. The van der Waals surface area contributed by atoms with Gasteiger partial charge >= 0.3 is 5.97 Å². The quantitative estimate of drug-likeness (QED) is 0.739. The van der Waals surface area contributed by atoms with E-state index in [1.807, 2.05) is 6.92 Å². The number of morpholine rings is 1. The van der Waals surface area contributed by atoms with Crippen molar-refractivity contribution in [1.29, 1.82) is 0 Å². The summed E-state index contributed by atoms with van der Waals surface area (Å²) in [5.74, 6) is -0.429. The molecule has 18 heavy (non-hydrogen) atoms. The summed E-state index contributed by atoms with van der Waals surface area (Å²) in [6, 6.07) is 6.00. The molecular formula is C12H13NO4S. The van der Waals surface area contributed by atoms with Crippen molar-refractivity contribution in [2.45, 2.75) is 30.4 Å². The van der Waals surface area contributed by atoms with Crippen molar-refractivity contribution in [2.75, 3.05) is 6.54 Å². The van der Waals surface area contributed by atoms with Crippen LogP contribution in [-0.2, 0) is 19.6 Å². The molecule has 6 heteroatoms. The molecule has 0 amide bonds. The van der Waals surface area contributed by atoms with Gasteiger partial charge in [-0.3, -0.25) is 4.79 Å². The van der Waals surface area contributed by atoms with Crippen LogP contribution in [0.1, 0.15) is 12.0 Å². The molecule has 5 nitrogen and oxygen atoms in total. The number of nitrogens with zero attached hydrogens (tertiary/aromatic N) is 1. The first-order valence-corrected chi connectivity index (χ1v) is 7.21. The molecule has 2 aliphatic rings. The zero-order chi connectivity index (χ0) is 12.9. The molecule has 1 aromatic rings. The maximum absolute atomic E-state index is 12.4. The second-order valence-electron chi connectivity index (χ2n) is 4.70. The van der Waals surface area contributed by atoms with E-state index < -0.39 is 22.0 Å². The van der Waals surface area contributed by atoms with E-state index in [4.69, 9.17) is 4.74 Å². The lowest BCUT2D eigenvalue weighted by Gasteiger charge is -2.24. The van der Waals surface area contributed by atoms with Gasteiger partial charge < -0.3 is 4.74 Å². The minimum absolute atomic E-state index is 0.230. The van der Waals surface area contributed by atoms with Crippen LogP contribution < -0.4 is 0 Å². The van der Waals surface area contributed by atoms with Crippen LogP contribution in [0.15, 0.2) is 29.2 Å². The number of sulfonamides is 1. The van der Waals surface area contributed by atoms with Gasteiger partial charge in [-0.15, -0.1) is 0 Å². The highest BCUT2D eigenvalue weighted by Crippen LogP contribution is 2.33. The third-order valence-corrected chi connectivity index (χ3v) is 5.29. The monoisotopic (exact) mass is 267 g/mol. The Labute approximate surface area is 105 Å². The Hall–Kier alpha value is -1.40. The van der Waals surface area contributed by atoms with Crippen molar-refractivity contribution in [3.05, 3.63) is 29.8 Å². The first kappa shape index (κ1) is 11.7. The molecule has 96 valence electrons. The number of rotatable bonds is 2. The van der Waals surface area contributed by atoms with Gasteiger partial charge in [0.2, 0.25) is 10.0 Å². The molecule has 2 aliphatic heterocycles. The molecule has 0 spiro atoms. The molecule has 0 aromatic heterocycles. The smallest absolute Gasteiger partial charge is 0.324 e. The number of esters is 1. The number of carbonyl (C=O) groups excluding carboxylic acids is 1. The van der Waals surface area contributed by atoms with Crippen molar-refractivity contribution in [3.63, 3.8) is 0 Å². The highest BCUT2D eigenvalue weighted by Gasteiger charge is 2.51. The highest BCUT2D eigenvalue weighted by molar-refractivity contribution is 7.89. The van der Waals surface area contributed by atoms with E-state index in [0.717, 1.165) is 5.56 Å². The minimum Gasteiger partial charge on any atom is -0.460 e. The summed E-state index contributed by atoms with van der Waals surface area (Å²) in [5.41, 5.74) is 0.997. The summed E-state index contributed by atoms with van der Waals surface area (Å²) < 4.78 is 31.1. The molecular weight excluding hydrogens is 254 g/mol. The molecule has 0 radical (unpaired) electrons. The fourth-order valence-electron chi connectivity index (χ4n) is 2.42. The highest BCUT2D eigenvalue weighted by atomic mass is 32.2. The van der Waals surface area contributed by atoms with Gasteiger partial charge in [0.05, 0.1) is 11.4 Å². The average Bonchev–Trinajstić information content (AvgIpc) is 2.88. The molecule has 3 rings (SSSR count). The van der Waals surface area contributed by atoms with E-state index in [2.05, 4.69) is 0 Å². The van der Waals surface area contributed by atoms with Gasteiger partial charge in [-0.1, -0.05) is 17.7 Å². The Morgan fingerprint density at radius 2 is 1.94 bits per heavy atom. The summed E-state index contributed by atoms with van der Waals surface area (Å²) >= 11 is 0. The molecule has 0 aliphatic carbocycles. The minimum atomic E-state index is -3.59. The first-order chi connectivity index (χ1) is 8.48. The maximum atomic E-state index is 12.4. The van der Waals surface area contributed by atoms with Crippen molar-refractivity contribution in [2.24, 2.45) is 0 Å². The molecule has 2 heterocycles. The van der Waals surface area contributed by atoms with Gasteiger partial charge in [0, 0.05) is 6.42 Å². The van der Waals surface area contributed by atoms with Gasteiger partial charge in [-0.25, -0.2) is 8.42 Å². The molecule has 2 bridgehead atoms. The summed E-state index contributed by atoms with van der Waals surface area (Å²) in [6.45, 7) is 2.16. The number of aryl methyl sites for hydroxylation is 1. The van der Waals surface area contributed by atoms with Crippen LogP contribution in [0.2, 0.25) is 0 Å². The number of hydrogen-bond acceptors (Lipinski definition) is 4. The Balaban J connectivity index is 1.96. The number of ether oxygens (including phenoxy) is 1. The molecule has 1 aromatic carbocycles. The number of hydrogen-bond donors (Lipinski definition) is 0. The lowest BCUT2D eigenvalue weighted by atomic mass is 10.2. The Morgan fingerprint density at radius 1 is 1.28 bits per heavy atom. The van der Waals surface area contributed by atoms with Crippen LogP contribution in [0, 0.1) is 6.92 Å². The first-order valence-electron chi connectivity index (χ1n) is 5.77. The van der Waals surface area contributed by atoms with E-state index in [-0.39, 0.29) is 17.5 Å². The second-order valence-corrected chi connectivity index (χ2v) is 6.59. The Kier molecular flexibility index (Phi) is 2.46. The fourth-order valence-corrected chi connectivity index (χ4v) is 4.04. The van der Waals surface area contributed by atoms with E-state index in [1.54, 1.807) is 24.3 Å². The number of fused-ring (bicyclic) bond motifs is 2. The normalized spacial score (nSPS) is 27.5. The predicted octanol–water partition coefficient (Wildman–Crippen LogP) is 0.683. The zero-order valence-electron chi connectivity index (χ0n) is 9.87. The summed E-state index contributed by atoms with van der Waals surface area (Å²) in [6.07, 6.45) is 0.201. The topological polar surface area (TPSA) is 63.7 Å². The predicted molar refractivity (Wildman–Crippen MR) is 63.4 cm³/mol. The molecule has 2 saturated heterocycles. The second kappa shape index (κ2) is 3.80. The largest absolute Gasteiger partial charge is 0.460 e. The number of benzene rings is 1. The van der Waals surface area contributed by atoms with Gasteiger partial charge in [-0.2, -0.15) is 4.31 Å². The van der Waals surface area contributed by atoms with Crippen molar-refractivity contribution < 1.29 is 17.9 Å². The molecule has 2 atom stereocenters. The standard InChI is InChI=1S/C12H13NO4S/c1-8-2-4-10(5-3-8)18(15,16)13-7-9-6-11(13)12(14)17-9/h2-5,9,11H,6-7H2,1H3/t9?,11-/m0/s1. The van der Waals surface area contributed by atoms with Gasteiger partial charge in [0.1, 0.15) is 12.1 Å². The molecule has 0 saturated carbocycles. The summed E-state index contributed by atoms with van der Waals surface area (Å²) in [5, 5.41) is 0. The summed E-state index contributed by atoms with van der Waals surface area (Å²) in [4.78, 5) is 11.7. The van der Waals surface area contributed by atoms with Crippen LogP contribution >= 0.6 is 0 Å². The Morgan fingerprint density at radius 3 is 2.50 bits per heavy atom. The Bertz CT molecular complexity index is 593. The lowest BCUT2D eigenvalue weighted by molar-refractivity contribution is -0.148. The van der Waals surface area contributed by atoms with Crippen LogP contribution in [0.25, 0.3) is 0 Å². The van der Waals surface area contributed by atoms with E-state index >= 15 is 0 Å². The van der Waals surface area contributed by atoms with Crippen LogP contribution in [0.5, 0.6) is 0 Å². The number of carbonyl (C=O) groups is 1. The van der Waals surface area contributed by atoms with E-state index in [0.29, 0.717) is 6.42 Å². The van der Waals surface area contributed by atoms with Gasteiger partial charge in [0.15, 0.2) is 0 Å². The van der Waals surface area contributed by atoms with Crippen LogP contribution in [-0.4, -0.2) is 37.4 Å². The van der Waals surface area contributed by atoms with Crippen LogP contribution in [0.4, 0.5) is 0 Å². The van der Waals surface area contributed by atoms with E-state index in [9.17, 15) is 13.2 Å². The molecule has 2 fully saturated rings. The SMILES string of the molecule is Cc1ccc(S(=O)(=O)N2CC3C[C@H]2C(=O)O3)cc1. The fraction of sp³-hybridized carbons (Fsp3) is 0.417. The molecule has 1 unspecified atom stereocenters. The van der Waals surface area contributed by atoms with Gasteiger partial charge in [0.25, 0.3) is 0 Å². The third-order valence-electron chi connectivity index (χ3n) is 3.40. The van der Waals surface area contributed by atoms with Gasteiger partial charge in [-0.05, 0) is 19.1 Å². The van der Waals surface area contributed by atoms with Crippen molar-refractivity contribution in [3.8, 4) is 0 Å². The third kappa shape index (κ3) is 1.64. The van der Waals surface area contributed by atoms with Crippen molar-refractivity contribution >= 4 is 16.0 Å².